The fraction of sp³-hybridized carbons (Fsp3) is 0.0909. The number of fused-ring (bicyclic) bond motifs is 1. The van der Waals surface area contributed by atoms with Crippen LogP contribution in [-0.2, 0) is 9.59 Å². The van der Waals surface area contributed by atoms with Gasteiger partial charge in [0.15, 0.2) is 0 Å². The number of hydrogen-bond donors (Lipinski definition) is 2. The van der Waals surface area contributed by atoms with Crippen LogP contribution in [0.25, 0.3) is 5.57 Å². The third kappa shape index (κ3) is 1.59. The van der Waals surface area contributed by atoms with E-state index in [4.69, 9.17) is 5.11 Å². The minimum absolute atomic E-state index is 0.0717. The molecule has 1 aromatic carbocycles. The van der Waals surface area contributed by atoms with E-state index in [-0.39, 0.29) is 16.4 Å². The molecule has 2 N–H and O–H groups in total. The Morgan fingerprint density at radius 2 is 2.06 bits per heavy atom. The van der Waals surface area contributed by atoms with Crippen molar-refractivity contribution in [3.8, 4) is 0 Å². The molecule has 1 heterocycles. The molecule has 0 aliphatic carbocycles. The molecule has 0 atom stereocenters. The fourth-order valence-corrected chi connectivity index (χ4v) is 2.22. The quantitative estimate of drug-likeness (QED) is 0.767. The maximum Gasteiger partial charge on any atom is 0.343 e. The molecule has 0 bridgehead atoms. The number of para-hydroxylation sites is 1. The average Bonchev–Trinajstić information content (AvgIpc) is 2.57. The summed E-state index contributed by atoms with van der Waals surface area (Å²) in [6.07, 6.45) is 1.64. The lowest BCUT2D eigenvalue weighted by Crippen LogP contribution is -2.09. The summed E-state index contributed by atoms with van der Waals surface area (Å²) in [7, 11) is 0. The van der Waals surface area contributed by atoms with Gasteiger partial charge in [0.1, 0.15) is 4.91 Å². The van der Waals surface area contributed by atoms with Crippen LogP contribution in [0.5, 0.6) is 0 Å². The predicted octanol–water partition coefficient (Wildman–Crippen LogP) is 1.80. The van der Waals surface area contributed by atoms with Gasteiger partial charge in [-0.3, -0.25) is 4.79 Å². The summed E-state index contributed by atoms with van der Waals surface area (Å²) in [5.41, 5.74) is 1.56. The number of carboxylic acid groups (broad SMARTS) is 1. The van der Waals surface area contributed by atoms with Gasteiger partial charge in [0, 0.05) is 11.3 Å². The van der Waals surface area contributed by atoms with Crippen LogP contribution in [0.4, 0.5) is 5.69 Å². The van der Waals surface area contributed by atoms with Crippen LogP contribution < -0.4 is 5.32 Å². The van der Waals surface area contributed by atoms with Crippen LogP contribution in [0, 0.1) is 0 Å². The van der Waals surface area contributed by atoms with Gasteiger partial charge in [0.2, 0.25) is 0 Å². The van der Waals surface area contributed by atoms with E-state index in [1.165, 1.54) is 0 Å². The topological polar surface area (TPSA) is 66.4 Å². The fourth-order valence-electron chi connectivity index (χ4n) is 1.64. The third-order valence-electron chi connectivity index (χ3n) is 2.30. The summed E-state index contributed by atoms with van der Waals surface area (Å²) in [6, 6.07) is 7.06. The van der Waals surface area contributed by atoms with Gasteiger partial charge in [-0.15, -0.1) is 11.8 Å². The number of hydrogen-bond acceptors (Lipinski definition) is 3. The smallest absolute Gasteiger partial charge is 0.343 e. The lowest BCUT2D eigenvalue weighted by Gasteiger charge is -2.02. The zero-order valence-electron chi connectivity index (χ0n) is 8.48. The van der Waals surface area contributed by atoms with E-state index in [9.17, 15) is 9.59 Å². The van der Waals surface area contributed by atoms with Crippen LogP contribution in [0.1, 0.15) is 5.56 Å². The highest BCUT2D eigenvalue weighted by Crippen LogP contribution is 2.36. The normalized spacial score (nSPS) is 16.7. The Morgan fingerprint density at radius 3 is 2.69 bits per heavy atom. The number of amides is 1. The molecule has 1 aliphatic heterocycles. The van der Waals surface area contributed by atoms with E-state index in [0.29, 0.717) is 11.3 Å². The van der Waals surface area contributed by atoms with Gasteiger partial charge >= 0.3 is 5.97 Å². The van der Waals surface area contributed by atoms with Crippen LogP contribution in [0.3, 0.4) is 0 Å². The van der Waals surface area contributed by atoms with E-state index in [0.717, 1.165) is 11.8 Å². The van der Waals surface area contributed by atoms with Gasteiger partial charge in [-0.05, 0) is 12.3 Å². The molecule has 0 aromatic heterocycles. The monoisotopic (exact) mass is 235 g/mol. The molecule has 5 heteroatoms. The second-order valence-electron chi connectivity index (χ2n) is 3.21. The zero-order chi connectivity index (χ0) is 11.7. The molecule has 16 heavy (non-hydrogen) atoms. The van der Waals surface area contributed by atoms with Crippen LogP contribution in [-0.4, -0.2) is 23.2 Å². The van der Waals surface area contributed by atoms with Crippen molar-refractivity contribution in [2.24, 2.45) is 0 Å². The van der Waals surface area contributed by atoms with E-state index in [1.54, 1.807) is 30.5 Å². The molecule has 4 nitrogen and oxygen atoms in total. The van der Waals surface area contributed by atoms with E-state index < -0.39 is 5.97 Å². The van der Waals surface area contributed by atoms with Gasteiger partial charge in [0.25, 0.3) is 5.91 Å². The maximum atomic E-state index is 11.7. The van der Waals surface area contributed by atoms with Gasteiger partial charge in [-0.25, -0.2) is 4.79 Å². The Balaban J connectivity index is 2.66. The summed E-state index contributed by atoms with van der Waals surface area (Å²) < 4.78 is 0. The van der Waals surface area contributed by atoms with Crippen molar-refractivity contribution >= 4 is 34.9 Å². The van der Waals surface area contributed by atoms with Gasteiger partial charge in [-0.1, -0.05) is 18.2 Å². The molecule has 82 valence electrons. The van der Waals surface area contributed by atoms with Crippen molar-refractivity contribution in [2.75, 3.05) is 11.6 Å². The van der Waals surface area contributed by atoms with Crippen LogP contribution in [0.2, 0.25) is 0 Å². The molecular weight excluding hydrogens is 226 g/mol. The Morgan fingerprint density at radius 1 is 1.38 bits per heavy atom. The Hall–Kier alpha value is -1.75. The molecule has 1 aliphatic rings. The van der Waals surface area contributed by atoms with Crippen molar-refractivity contribution in [3.63, 3.8) is 0 Å². The second kappa shape index (κ2) is 4.02. The van der Waals surface area contributed by atoms with E-state index in [1.807, 2.05) is 0 Å². The summed E-state index contributed by atoms with van der Waals surface area (Å²) in [5.74, 6) is -1.43. The van der Waals surface area contributed by atoms with Gasteiger partial charge in [-0.2, -0.15) is 0 Å². The zero-order valence-corrected chi connectivity index (χ0v) is 9.30. The van der Waals surface area contributed by atoms with Crippen molar-refractivity contribution in [3.05, 3.63) is 34.7 Å². The molecular formula is C11H9NO3S. The number of carbonyl (C=O) groups is 2. The Bertz CT molecular complexity index is 508. The van der Waals surface area contributed by atoms with Crippen LogP contribution >= 0.6 is 11.8 Å². The second-order valence-corrected chi connectivity index (χ2v) is 4.03. The van der Waals surface area contributed by atoms with Crippen molar-refractivity contribution in [1.29, 1.82) is 0 Å². The molecule has 1 aromatic rings. The standard InChI is InChI=1S/C11H9NO3S/c1-16-9(11(14)15)8-6-4-2-3-5-7(6)12-10(8)13/h2-5H,1H3,(H,12,13)(H,14,15)/b9-8-. The lowest BCUT2D eigenvalue weighted by molar-refractivity contribution is -0.131. The number of benzene rings is 1. The number of carbonyl (C=O) groups excluding carboxylic acids is 1. The molecule has 0 spiro atoms. The molecule has 0 saturated heterocycles. The molecule has 2 rings (SSSR count). The third-order valence-corrected chi connectivity index (χ3v) is 3.08. The molecule has 0 radical (unpaired) electrons. The van der Waals surface area contributed by atoms with Crippen molar-refractivity contribution in [2.45, 2.75) is 0 Å². The number of carboxylic acids is 1. The highest BCUT2D eigenvalue weighted by Gasteiger charge is 2.29. The first-order chi connectivity index (χ1) is 7.65. The van der Waals surface area contributed by atoms with Crippen molar-refractivity contribution in [1.82, 2.24) is 0 Å². The van der Waals surface area contributed by atoms with Gasteiger partial charge < -0.3 is 10.4 Å². The minimum Gasteiger partial charge on any atom is -0.477 e. The minimum atomic E-state index is -1.07. The highest BCUT2D eigenvalue weighted by molar-refractivity contribution is 8.03. The summed E-state index contributed by atoms with van der Waals surface area (Å²) in [4.78, 5) is 22.8. The Labute approximate surface area is 96.4 Å². The number of nitrogens with one attached hydrogen (secondary N) is 1. The number of aliphatic carboxylic acids is 1. The lowest BCUT2D eigenvalue weighted by atomic mass is 10.1. The van der Waals surface area contributed by atoms with Gasteiger partial charge in [0.05, 0.1) is 5.57 Å². The molecule has 1 amide bonds. The van der Waals surface area contributed by atoms with Crippen molar-refractivity contribution < 1.29 is 14.7 Å². The number of rotatable bonds is 2. The number of thioether (sulfide) groups is 1. The van der Waals surface area contributed by atoms with E-state index >= 15 is 0 Å². The first kappa shape index (κ1) is 10.8. The summed E-state index contributed by atoms with van der Waals surface area (Å²) in [5, 5.41) is 11.7. The largest absolute Gasteiger partial charge is 0.477 e. The summed E-state index contributed by atoms with van der Waals surface area (Å²) in [6.45, 7) is 0. The molecule has 0 unspecified atom stereocenters. The van der Waals surface area contributed by atoms with Crippen LogP contribution in [0.15, 0.2) is 29.2 Å². The molecule has 0 fully saturated rings. The Kier molecular flexibility index (Phi) is 2.70. The molecule has 0 saturated carbocycles. The predicted molar refractivity (Wildman–Crippen MR) is 63.1 cm³/mol. The highest BCUT2D eigenvalue weighted by atomic mass is 32.2. The average molecular weight is 235 g/mol. The number of anilines is 1. The maximum absolute atomic E-state index is 11.7. The summed E-state index contributed by atoms with van der Waals surface area (Å²) >= 11 is 1.06. The SMILES string of the molecule is CS/C(C(=O)O)=C1\C(=O)Nc2ccccc21. The first-order valence-electron chi connectivity index (χ1n) is 4.57. The van der Waals surface area contributed by atoms with E-state index in [2.05, 4.69) is 5.32 Å². The first-order valence-corrected chi connectivity index (χ1v) is 5.80.